The number of hydrogen-bond acceptors (Lipinski definition) is 4. The lowest BCUT2D eigenvalue weighted by Crippen LogP contribution is -2.33. The van der Waals surface area contributed by atoms with E-state index in [0.717, 1.165) is 10.7 Å². The lowest BCUT2D eigenvalue weighted by Gasteiger charge is -2.15. The van der Waals surface area contributed by atoms with Crippen molar-refractivity contribution in [3.63, 3.8) is 0 Å². The highest BCUT2D eigenvalue weighted by atomic mass is 32.1. The Kier molecular flexibility index (Phi) is 4.04. The van der Waals surface area contributed by atoms with Crippen LogP contribution < -0.4 is 11.1 Å². The third kappa shape index (κ3) is 3.02. The predicted molar refractivity (Wildman–Crippen MR) is 66.4 cm³/mol. The van der Waals surface area contributed by atoms with Gasteiger partial charge < -0.3 is 11.1 Å². The molecule has 4 nitrogen and oxygen atoms in total. The highest BCUT2D eigenvalue weighted by Crippen LogP contribution is 2.27. The van der Waals surface area contributed by atoms with Gasteiger partial charge in [-0.3, -0.25) is 4.79 Å². The highest BCUT2D eigenvalue weighted by molar-refractivity contribution is 7.09. The summed E-state index contributed by atoms with van der Waals surface area (Å²) < 4.78 is 0. The van der Waals surface area contributed by atoms with Crippen molar-refractivity contribution in [1.82, 2.24) is 10.3 Å². The number of amides is 1. The molecule has 1 rings (SSSR count). The van der Waals surface area contributed by atoms with Crippen LogP contribution in [0.1, 0.15) is 44.4 Å². The van der Waals surface area contributed by atoms with Crippen molar-refractivity contribution in [3.8, 4) is 0 Å². The van der Waals surface area contributed by atoms with Crippen LogP contribution in [0, 0.1) is 0 Å². The molecule has 1 heterocycles. The maximum atomic E-state index is 11.3. The SMILES string of the molecule is CCNC(C(N)=O)c1csc(C(C)(C)C)n1. The summed E-state index contributed by atoms with van der Waals surface area (Å²) in [5.41, 5.74) is 6.07. The Bertz CT molecular complexity index is 368. The van der Waals surface area contributed by atoms with Crippen LogP contribution in [0.25, 0.3) is 0 Å². The first-order chi connectivity index (χ1) is 7.36. The van der Waals surface area contributed by atoms with Crippen molar-refractivity contribution in [2.45, 2.75) is 39.2 Å². The zero-order chi connectivity index (χ0) is 12.3. The molecule has 0 saturated carbocycles. The van der Waals surface area contributed by atoms with Gasteiger partial charge in [0, 0.05) is 10.8 Å². The molecule has 1 aromatic heterocycles. The zero-order valence-corrected chi connectivity index (χ0v) is 11.0. The lowest BCUT2D eigenvalue weighted by molar-refractivity contribution is -0.120. The van der Waals surface area contributed by atoms with Crippen molar-refractivity contribution in [3.05, 3.63) is 16.1 Å². The average molecular weight is 241 g/mol. The summed E-state index contributed by atoms with van der Waals surface area (Å²) in [7, 11) is 0. The molecule has 0 spiro atoms. The monoisotopic (exact) mass is 241 g/mol. The van der Waals surface area contributed by atoms with E-state index in [1.54, 1.807) is 11.3 Å². The second kappa shape index (κ2) is 4.93. The number of hydrogen-bond donors (Lipinski definition) is 2. The minimum atomic E-state index is -0.475. The van der Waals surface area contributed by atoms with Crippen molar-refractivity contribution in [2.24, 2.45) is 5.73 Å². The van der Waals surface area contributed by atoms with Gasteiger partial charge in [-0.1, -0.05) is 27.7 Å². The normalized spacial score (nSPS) is 13.8. The zero-order valence-electron chi connectivity index (χ0n) is 10.2. The largest absolute Gasteiger partial charge is 0.368 e. The van der Waals surface area contributed by atoms with Gasteiger partial charge in [-0.15, -0.1) is 11.3 Å². The molecule has 5 heteroatoms. The van der Waals surface area contributed by atoms with Crippen LogP contribution in [0.2, 0.25) is 0 Å². The first kappa shape index (κ1) is 13.1. The summed E-state index contributed by atoms with van der Waals surface area (Å²) in [6.07, 6.45) is 0. The molecule has 1 unspecified atom stereocenters. The number of rotatable bonds is 4. The lowest BCUT2D eigenvalue weighted by atomic mass is 9.98. The molecule has 90 valence electrons. The number of nitrogens with one attached hydrogen (secondary N) is 1. The van der Waals surface area contributed by atoms with Crippen LogP contribution in [0.3, 0.4) is 0 Å². The molecule has 0 aliphatic carbocycles. The fraction of sp³-hybridized carbons (Fsp3) is 0.636. The molecule has 0 saturated heterocycles. The summed E-state index contributed by atoms with van der Waals surface area (Å²) in [5, 5.41) is 5.95. The van der Waals surface area contributed by atoms with Gasteiger partial charge >= 0.3 is 0 Å². The van der Waals surface area contributed by atoms with Crippen LogP contribution >= 0.6 is 11.3 Å². The van der Waals surface area contributed by atoms with Gasteiger partial charge in [-0.05, 0) is 6.54 Å². The maximum absolute atomic E-state index is 11.3. The molecular weight excluding hydrogens is 222 g/mol. The third-order valence-corrected chi connectivity index (χ3v) is 3.44. The van der Waals surface area contributed by atoms with Gasteiger partial charge in [0.2, 0.25) is 5.91 Å². The van der Waals surface area contributed by atoms with Crippen LogP contribution in [-0.2, 0) is 10.2 Å². The molecule has 0 radical (unpaired) electrons. The first-order valence-corrected chi connectivity index (χ1v) is 6.22. The highest BCUT2D eigenvalue weighted by Gasteiger charge is 2.23. The van der Waals surface area contributed by atoms with E-state index in [9.17, 15) is 4.79 Å². The van der Waals surface area contributed by atoms with Gasteiger partial charge in [0.15, 0.2) is 0 Å². The molecule has 16 heavy (non-hydrogen) atoms. The average Bonchev–Trinajstić information content (AvgIpc) is 2.61. The van der Waals surface area contributed by atoms with Crippen molar-refractivity contribution >= 4 is 17.2 Å². The van der Waals surface area contributed by atoms with E-state index in [4.69, 9.17) is 5.73 Å². The minimum Gasteiger partial charge on any atom is -0.368 e. The molecule has 1 atom stereocenters. The van der Waals surface area contributed by atoms with Crippen molar-refractivity contribution in [2.75, 3.05) is 6.54 Å². The molecule has 0 aromatic carbocycles. The Labute approximate surface area is 100 Å². The molecule has 0 fully saturated rings. The van der Waals surface area contributed by atoms with Crippen LogP contribution in [0.5, 0.6) is 0 Å². The van der Waals surface area contributed by atoms with Gasteiger partial charge in [0.1, 0.15) is 6.04 Å². The molecule has 1 amide bonds. The second-order valence-corrected chi connectivity index (χ2v) is 5.58. The number of aromatic nitrogens is 1. The van der Waals surface area contributed by atoms with E-state index < -0.39 is 6.04 Å². The summed E-state index contributed by atoms with van der Waals surface area (Å²) in [6, 6.07) is -0.475. The Morgan fingerprint density at radius 1 is 1.62 bits per heavy atom. The van der Waals surface area contributed by atoms with E-state index in [2.05, 4.69) is 31.1 Å². The standard InChI is InChI=1S/C11H19N3OS/c1-5-13-8(9(12)15)7-6-16-10(14-7)11(2,3)4/h6,8,13H,5H2,1-4H3,(H2,12,15). The topological polar surface area (TPSA) is 68.0 Å². The van der Waals surface area contributed by atoms with E-state index in [1.165, 1.54) is 0 Å². The summed E-state index contributed by atoms with van der Waals surface area (Å²) in [4.78, 5) is 15.8. The predicted octanol–water partition coefficient (Wildman–Crippen LogP) is 1.58. The number of carbonyl (C=O) groups excluding carboxylic acids is 1. The summed E-state index contributed by atoms with van der Waals surface area (Å²) in [5.74, 6) is -0.382. The number of thiazole rings is 1. The number of primary amides is 1. The van der Waals surface area contributed by atoms with E-state index >= 15 is 0 Å². The number of nitrogens with zero attached hydrogens (tertiary/aromatic N) is 1. The first-order valence-electron chi connectivity index (χ1n) is 5.35. The molecule has 0 aliphatic heterocycles. The fourth-order valence-electron chi connectivity index (χ4n) is 1.32. The van der Waals surface area contributed by atoms with E-state index in [0.29, 0.717) is 6.54 Å². The second-order valence-electron chi connectivity index (χ2n) is 4.72. The Morgan fingerprint density at radius 3 is 2.62 bits per heavy atom. The van der Waals surface area contributed by atoms with Crippen LogP contribution in [-0.4, -0.2) is 17.4 Å². The third-order valence-electron chi connectivity index (χ3n) is 2.15. The number of carbonyl (C=O) groups is 1. The maximum Gasteiger partial charge on any atom is 0.240 e. The Balaban J connectivity index is 2.95. The number of likely N-dealkylation sites (N-methyl/N-ethyl adjacent to an activating group) is 1. The summed E-state index contributed by atoms with van der Waals surface area (Å²) in [6.45, 7) is 8.93. The van der Waals surface area contributed by atoms with E-state index in [1.807, 2.05) is 12.3 Å². The molecule has 1 aromatic rings. The fourth-order valence-corrected chi connectivity index (χ4v) is 2.25. The van der Waals surface area contributed by atoms with Crippen molar-refractivity contribution in [1.29, 1.82) is 0 Å². The van der Waals surface area contributed by atoms with Crippen LogP contribution in [0.4, 0.5) is 0 Å². The van der Waals surface area contributed by atoms with Gasteiger partial charge in [0.05, 0.1) is 10.7 Å². The quantitative estimate of drug-likeness (QED) is 0.841. The van der Waals surface area contributed by atoms with E-state index in [-0.39, 0.29) is 11.3 Å². The molecule has 0 bridgehead atoms. The van der Waals surface area contributed by atoms with Crippen LogP contribution in [0.15, 0.2) is 5.38 Å². The smallest absolute Gasteiger partial charge is 0.240 e. The Morgan fingerprint density at radius 2 is 2.25 bits per heavy atom. The van der Waals surface area contributed by atoms with Crippen molar-refractivity contribution < 1.29 is 4.79 Å². The molecule has 0 aliphatic rings. The minimum absolute atomic E-state index is 0.0112. The Hall–Kier alpha value is -0.940. The van der Waals surface area contributed by atoms with Gasteiger partial charge in [0.25, 0.3) is 0 Å². The van der Waals surface area contributed by atoms with Gasteiger partial charge in [-0.2, -0.15) is 0 Å². The molecule has 3 N–H and O–H groups in total. The number of nitrogens with two attached hydrogens (primary N) is 1. The van der Waals surface area contributed by atoms with Gasteiger partial charge in [-0.25, -0.2) is 4.98 Å². The summed E-state index contributed by atoms with van der Waals surface area (Å²) >= 11 is 1.57. The molecular formula is C11H19N3OS.